The van der Waals surface area contributed by atoms with E-state index in [9.17, 15) is 4.79 Å². The van der Waals surface area contributed by atoms with E-state index in [1.165, 1.54) is 11.3 Å². The van der Waals surface area contributed by atoms with Gasteiger partial charge in [0.05, 0.1) is 24.6 Å². The molecule has 1 fully saturated rings. The second-order valence-corrected chi connectivity index (χ2v) is 6.76. The van der Waals surface area contributed by atoms with Crippen LogP contribution >= 0.6 is 11.3 Å². The van der Waals surface area contributed by atoms with Gasteiger partial charge in [-0.05, 0) is 12.1 Å². The van der Waals surface area contributed by atoms with Gasteiger partial charge in [0.25, 0.3) is 0 Å². The fraction of sp³-hybridized carbons (Fsp3) is 0.375. The summed E-state index contributed by atoms with van der Waals surface area (Å²) < 4.78 is 7.03. The number of aromatic nitrogens is 4. The zero-order valence-corrected chi connectivity index (χ0v) is 14.4. The van der Waals surface area contributed by atoms with Gasteiger partial charge in [0.15, 0.2) is 0 Å². The average Bonchev–Trinajstić information content (AvgIpc) is 3.23. The summed E-state index contributed by atoms with van der Waals surface area (Å²) in [6.45, 7) is 3.09. The minimum atomic E-state index is -0.0216. The Hall–Kier alpha value is -2.52. The summed E-state index contributed by atoms with van der Waals surface area (Å²) in [4.78, 5) is 15.3. The molecule has 0 spiro atoms. The largest absolute Gasteiger partial charge is 0.378 e. The lowest BCUT2D eigenvalue weighted by Gasteiger charge is -2.30. The highest BCUT2D eigenvalue weighted by Gasteiger charge is 2.16. The quantitative estimate of drug-likeness (QED) is 0.746. The normalized spacial score (nSPS) is 14.8. The van der Waals surface area contributed by atoms with Crippen LogP contribution < -0.4 is 10.2 Å². The molecule has 1 N–H and O–H groups in total. The molecule has 3 heterocycles. The summed E-state index contributed by atoms with van der Waals surface area (Å²) in [5.74, 6) is -0.0216. The third kappa shape index (κ3) is 3.62. The van der Waals surface area contributed by atoms with Crippen LogP contribution in [0.5, 0.6) is 0 Å². The number of hydrogen-bond acceptors (Lipinski definition) is 7. The van der Waals surface area contributed by atoms with E-state index in [-0.39, 0.29) is 5.91 Å². The summed E-state index contributed by atoms with van der Waals surface area (Å²) in [6.07, 6.45) is 2.52. The number of aryl methyl sites for hydroxylation is 1. The van der Waals surface area contributed by atoms with Crippen molar-refractivity contribution in [2.75, 3.05) is 36.5 Å². The lowest BCUT2D eigenvalue weighted by Crippen LogP contribution is -2.36. The zero-order chi connectivity index (χ0) is 17.1. The lowest BCUT2D eigenvalue weighted by molar-refractivity contribution is -0.116. The van der Waals surface area contributed by atoms with Gasteiger partial charge in [0.2, 0.25) is 10.9 Å². The smallest absolute Gasteiger partial charge is 0.234 e. The van der Waals surface area contributed by atoms with Crippen molar-refractivity contribution in [2.45, 2.75) is 12.8 Å². The molecule has 0 bridgehead atoms. The molecule has 4 rings (SSSR count). The molecule has 25 heavy (non-hydrogen) atoms. The van der Waals surface area contributed by atoms with Crippen LogP contribution in [0.3, 0.4) is 0 Å². The van der Waals surface area contributed by atoms with Crippen LogP contribution in [0.4, 0.5) is 11.4 Å². The Labute approximate surface area is 148 Å². The Morgan fingerprint density at radius 2 is 2.12 bits per heavy atom. The fourth-order valence-electron chi connectivity index (χ4n) is 2.79. The summed E-state index contributed by atoms with van der Waals surface area (Å²) in [6, 6.07) is 7.89. The molecule has 0 saturated carbocycles. The SMILES string of the molecule is O=C(CCc1nn2cnnc2s1)Nc1ccccc1N1CCOCC1. The highest BCUT2D eigenvalue weighted by atomic mass is 32.1. The highest BCUT2D eigenvalue weighted by Crippen LogP contribution is 2.26. The number of carbonyl (C=O) groups excluding carboxylic acids is 1. The van der Waals surface area contributed by atoms with Crippen molar-refractivity contribution in [1.82, 2.24) is 19.8 Å². The fourth-order valence-corrected chi connectivity index (χ4v) is 3.61. The Bertz CT molecular complexity index is 842. The Balaban J connectivity index is 1.39. The number of nitrogens with zero attached hydrogens (tertiary/aromatic N) is 5. The molecule has 0 aliphatic carbocycles. The molecule has 1 aliphatic heterocycles. The number of para-hydroxylation sites is 2. The number of rotatable bonds is 5. The number of amides is 1. The molecule has 1 amide bonds. The maximum Gasteiger partial charge on any atom is 0.234 e. The molecular weight excluding hydrogens is 340 g/mol. The first-order valence-corrected chi connectivity index (χ1v) is 8.98. The van der Waals surface area contributed by atoms with E-state index in [0.717, 1.165) is 34.4 Å². The van der Waals surface area contributed by atoms with E-state index in [0.29, 0.717) is 26.1 Å². The van der Waals surface area contributed by atoms with Gasteiger partial charge in [-0.1, -0.05) is 23.5 Å². The first kappa shape index (κ1) is 16.0. The molecule has 0 radical (unpaired) electrons. The van der Waals surface area contributed by atoms with Crippen LogP contribution in [-0.2, 0) is 16.0 Å². The molecule has 0 unspecified atom stereocenters. The molecular formula is C16H18N6O2S. The minimum absolute atomic E-state index is 0.0216. The highest BCUT2D eigenvalue weighted by molar-refractivity contribution is 7.16. The number of ether oxygens (including phenoxy) is 1. The van der Waals surface area contributed by atoms with Gasteiger partial charge in [0.1, 0.15) is 11.3 Å². The van der Waals surface area contributed by atoms with Crippen molar-refractivity contribution in [1.29, 1.82) is 0 Å². The number of fused-ring (bicyclic) bond motifs is 1. The molecule has 1 aromatic carbocycles. The molecule has 1 aliphatic rings. The van der Waals surface area contributed by atoms with Crippen molar-refractivity contribution in [2.24, 2.45) is 0 Å². The van der Waals surface area contributed by atoms with Gasteiger partial charge >= 0.3 is 0 Å². The lowest BCUT2D eigenvalue weighted by atomic mass is 10.2. The predicted octanol–water partition coefficient (Wildman–Crippen LogP) is 1.59. The molecule has 0 atom stereocenters. The number of nitrogens with one attached hydrogen (secondary N) is 1. The van der Waals surface area contributed by atoms with E-state index >= 15 is 0 Å². The van der Waals surface area contributed by atoms with E-state index in [1.54, 1.807) is 10.8 Å². The third-order valence-electron chi connectivity index (χ3n) is 4.02. The molecule has 3 aromatic rings. The van der Waals surface area contributed by atoms with Crippen LogP contribution in [0.25, 0.3) is 4.96 Å². The number of anilines is 2. The Kier molecular flexibility index (Phi) is 4.57. The van der Waals surface area contributed by atoms with Gasteiger partial charge in [-0.3, -0.25) is 4.79 Å². The van der Waals surface area contributed by atoms with Crippen molar-refractivity contribution in [3.8, 4) is 0 Å². The Morgan fingerprint density at radius 3 is 2.96 bits per heavy atom. The second-order valence-electron chi connectivity index (χ2n) is 5.72. The maximum atomic E-state index is 12.4. The summed E-state index contributed by atoms with van der Waals surface area (Å²) >= 11 is 1.45. The van der Waals surface area contributed by atoms with E-state index in [1.807, 2.05) is 24.3 Å². The van der Waals surface area contributed by atoms with Gasteiger partial charge < -0.3 is 15.0 Å². The predicted molar refractivity (Wildman–Crippen MR) is 95.1 cm³/mol. The van der Waals surface area contributed by atoms with Crippen molar-refractivity contribution >= 4 is 33.6 Å². The van der Waals surface area contributed by atoms with Crippen LogP contribution in [0.1, 0.15) is 11.4 Å². The number of benzene rings is 1. The Morgan fingerprint density at radius 1 is 1.28 bits per heavy atom. The van der Waals surface area contributed by atoms with Crippen LogP contribution in [0, 0.1) is 0 Å². The van der Waals surface area contributed by atoms with E-state index in [4.69, 9.17) is 4.74 Å². The van der Waals surface area contributed by atoms with Gasteiger partial charge in [0, 0.05) is 25.9 Å². The molecule has 9 heteroatoms. The molecule has 8 nitrogen and oxygen atoms in total. The van der Waals surface area contributed by atoms with Crippen molar-refractivity contribution in [3.63, 3.8) is 0 Å². The van der Waals surface area contributed by atoms with Gasteiger partial charge in [-0.2, -0.15) is 9.61 Å². The maximum absolute atomic E-state index is 12.4. The number of morpholine rings is 1. The third-order valence-corrected chi connectivity index (χ3v) is 5.00. The number of carbonyl (C=O) groups is 1. The number of hydrogen-bond donors (Lipinski definition) is 1. The first-order chi connectivity index (χ1) is 12.3. The minimum Gasteiger partial charge on any atom is -0.378 e. The summed E-state index contributed by atoms with van der Waals surface area (Å²) in [5.41, 5.74) is 1.88. The molecule has 1 saturated heterocycles. The van der Waals surface area contributed by atoms with Gasteiger partial charge in [-0.15, -0.1) is 10.2 Å². The van der Waals surface area contributed by atoms with Crippen LogP contribution in [0.2, 0.25) is 0 Å². The molecule has 130 valence electrons. The summed E-state index contributed by atoms with van der Waals surface area (Å²) in [7, 11) is 0. The topological polar surface area (TPSA) is 84.7 Å². The first-order valence-electron chi connectivity index (χ1n) is 8.17. The van der Waals surface area contributed by atoms with Crippen molar-refractivity contribution < 1.29 is 9.53 Å². The molecule has 2 aromatic heterocycles. The zero-order valence-electron chi connectivity index (χ0n) is 13.6. The van der Waals surface area contributed by atoms with E-state index in [2.05, 4.69) is 25.5 Å². The van der Waals surface area contributed by atoms with E-state index < -0.39 is 0 Å². The van der Waals surface area contributed by atoms with Crippen LogP contribution in [0.15, 0.2) is 30.6 Å². The summed E-state index contributed by atoms with van der Waals surface area (Å²) in [5, 5.41) is 16.0. The standard InChI is InChI=1S/C16H18N6O2S/c23-14(5-6-15-20-22-11-17-19-16(22)25-15)18-12-3-1-2-4-13(12)21-7-9-24-10-8-21/h1-4,11H,5-10H2,(H,18,23). The average molecular weight is 358 g/mol. The second kappa shape index (κ2) is 7.16. The van der Waals surface area contributed by atoms with Crippen molar-refractivity contribution in [3.05, 3.63) is 35.6 Å². The van der Waals surface area contributed by atoms with Gasteiger partial charge in [-0.25, -0.2) is 0 Å². The monoisotopic (exact) mass is 358 g/mol. The van der Waals surface area contributed by atoms with Crippen LogP contribution in [-0.4, -0.2) is 52.0 Å².